The highest BCUT2D eigenvalue weighted by Gasteiger charge is 2.25. The predicted molar refractivity (Wildman–Crippen MR) is 50.2 cm³/mol. The molecule has 2 rings (SSSR count). The van der Waals surface area contributed by atoms with Crippen LogP contribution in [0.5, 0.6) is 0 Å². The molecule has 5 heteroatoms. The summed E-state index contributed by atoms with van der Waals surface area (Å²) in [5, 5.41) is 9.09. The number of carbonyl (C=O) groups is 1. The van der Waals surface area contributed by atoms with Gasteiger partial charge in [-0.1, -0.05) is 0 Å². The van der Waals surface area contributed by atoms with Crippen LogP contribution in [0.15, 0.2) is 6.20 Å². The number of fused-ring (bicyclic) bond motifs is 1. The van der Waals surface area contributed by atoms with Crippen molar-refractivity contribution in [2.75, 3.05) is 0 Å². The van der Waals surface area contributed by atoms with E-state index >= 15 is 0 Å². The molecular weight excluding hydrogens is 204 g/mol. The van der Waals surface area contributed by atoms with Crippen molar-refractivity contribution in [1.29, 1.82) is 0 Å². The average Bonchev–Trinajstić information content (AvgIpc) is 2.16. The fraction of sp³-hybridized carbons (Fsp3) is 0.444. The molecule has 1 aliphatic carbocycles. The molecule has 1 heterocycles. The lowest BCUT2D eigenvalue weighted by molar-refractivity contribution is -0.142. The topological polar surface area (TPSA) is 63.1 Å². The van der Waals surface area contributed by atoms with Crippen molar-refractivity contribution in [2.24, 2.45) is 5.92 Å². The number of hydrogen-bond acceptors (Lipinski definition) is 3. The van der Waals surface area contributed by atoms with E-state index in [4.69, 9.17) is 16.7 Å². The summed E-state index contributed by atoms with van der Waals surface area (Å²) in [6, 6.07) is 0. The minimum Gasteiger partial charge on any atom is -0.481 e. The molecule has 0 saturated carbocycles. The zero-order chi connectivity index (χ0) is 10.1. The maximum Gasteiger partial charge on any atom is 0.306 e. The van der Waals surface area contributed by atoms with Crippen LogP contribution in [0.3, 0.4) is 0 Å². The summed E-state index contributed by atoms with van der Waals surface area (Å²) in [4.78, 5) is 18.7. The molecule has 0 bridgehead atoms. The van der Waals surface area contributed by atoms with Crippen molar-refractivity contribution in [3.63, 3.8) is 0 Å². The zero-order valence-electron chi connectivity index (χ0n) is 7.40. The summed E-state index contributed by atoms with van der Waals surface area (Å²) in [6.45, 7) is 0. The van der Waals surface area contributed by atoms with E-state index in [2.05, 4.69) is 9.97 Å². The number of carboxylic acids is 1. The van der Waals surface area contributed by atoms with Gasteiger partial charge in [-0.05, 0) is 36.4 Å². The molecule has 0 fully saturated rings. The van der Waals surface area contributed by atoms with Crippen molar-refractivity contribution in [3.8, 4) is 0 Å². The van der Waals surface area contributed by atoms with E-state index in [-0.39, 0.29) is 11.2 Å². The molecule has 0 radical (unpaired) electrons. The van der Waals surface area contributed by atoms with Crippen LogP contribution < -0.4 is 0 Å². The molecule has 1 atom stereocenters. The van der Waals surface area contributed by atoms with Crippen molar-refractivity contribution in [2.45, 2.75) is 19.3 Å². The van der Waals surface area contributed by atoms with Crippen LogP contribution in [0.4, 0.5) is 0 Å². The number of aromatic nitrogens is 2. The van der Waals surface area contributed by atoms with E-state index < -0.39 is 5.97 Å². The molecule has 1 unspecified atom stereocenters. The van der Waals surface area contributed by atoms with Crippen LogP contribution in [0, 0.1) is 5.92 Å². The first kappa shape index (κ1) is 9.40. The van der Waals surface area contributed by atoms with Gasteiger partial charge in [-0.15, -0.1) is 0 Å². The average molecular weight is 213 g/mol. The number of aliphatic carboxylic acids is 1. The van der Waals surface area contributed by atoms with E-state index in [1.165, 1.54) is 0 Å². The molecule has 4 nitrogen and oxygen atoms in total. The molecule has 14 heavy (non-hydrogen) atoms. The maximum absolute atomic E-state index is 10.8. The molecule has 0 aromatic carbocycles. The summed E-state index contributed by atoms with van der Waals surface area (Å²) in [5.74, 6) is -1.04. The van der Waals surface area contributed by atoms with Crippen LogP contribution >= 0.6 is 11.6 Å². The van der Waals surface area contributed by atoms with Gasteiger partial charge in [0.15, 0.2) is 0 Å². The fourth-order valence-electron chi connectivity index (χ4n) is 1.69. The Bertz CT molecular complexity index is 381. The number of halogens is 1. The Kier molecular flexibility index (Phi) is 2.37. The molecule has 0 amide bonds. The molecule has 1 N–H and O–H groups in total. The van der Waals surface area contributed by atoms with Gasteiger partial charge in [0.1, 0.15) is 0 Å². The second-order valence-corrected chi connectivity index (χ2v) is 3.73. The Morgan fingerprint density at radius 2 is 2.43 bits per heavy atom. The van der Waals surface area contributed by atoms with Gasteiger partial charge in [0.05, 0.1) is 5.92 Å². The highest BCUT2D eigenvalue weighted by Crippen LogP contribution is 2.24. The fourth-order valence-corrected chi connectivity index (χ4v) is 1.84. The molecule has 0 saturated heterocycles. The summed E-state index contributed by atoms with van der Waals surface area (Å²) >= 11 is 5.64. The quantitative estimate of drug-likeness (QED) is 0.714. The smallest absolute Gasteiger partial charge is 0.306 e. The number of rotatable bonds is 1. The highest BCUT2D eigenvalue weighted by molar-refractivity contribution is 6.28. The minimum atomic E-state index is -0.745. The van der Waals surface area contributed by atoms with E-state index in [1.54, 1.807) is 6.20 Å². The standard InChI is InChI=1S/C9H9ClN2O2/c10-9-11-4-6-3-5(8(13)14)1-2-7(6)12-9/h4-5H,1-3H2,(H,13,14). The Labute approximate surface area is 85.9 Å². The van der Waals surface area contributed by atoms with Crippen LogP contribution in [-0.4, -0.2) is 21.0 Å². The lowest BCUT2D eigenvalue weighted by atomic mass is 9.87. The van der Waals surface area contributed by atoms with Crippen molar-refractivity contribution in [3.05, 3.63) is 22.7 Å². The zero-order valence-corrected chi connectivity index (χ0v) is 8.16. The Morgan fingerprint density at radius 1 is 1.64 bits per heavy atom. The number of aryl methyl sites for hydroxylation is 1. The van der Waals surface area contributed by atoms with Crippen molar-refractivity contribution < 1.29 is 9.90 Å². The summed E-state index contributed by atoms with van der Waals surface area (Å²) in [7, 11) is 0. The van der Waals surface area contributed by atoms with Gasteiger partial charge in [-0.3, -0.25) is 4.79 Å². The SMILES string of the molecule is O=C(O)C1CCc2nc(Cl)ncc2C1. The number of hydrogen-bond donors (Lipinski definition) is 1. The molecule has 1 aromatic heterocycles. The second kappa shape index (κ2) is 3.53. The first-order valence-electron chi connectivity index (χ1n) is 4.40. The van der Waals surface area contributed by atoms with Gasteiger partial charge in [-0.25, -0.2) is 9.97 Å². The lowest BCUT2D eigenvalue weighted by Gasteiger charge is -2.19. The molecule has 0 aliphatic heterocycles. The Morgan fingerprint density at radius 3 is 3.14 bits per heavy atom. The lowest BCUT2D eigenvalue weighted by Crippen LogP contribution is -2.23. The van der Waals surface area contributed by atoms with Crippen LogP contribution in [0.25, 0.3) is 0 Å². The highest BCUT2D eigenvalue weighted by atomic mass is 35.5. The van der Waals surface area contributed by atoms with E-state index in [0.29, 0.717) is 19.3 Å². The van der Waals surface area contributed by atoms with E-state index in [0.717, 1.165) is 11.3 Å². The van der Waals surface area contributed by atoms with E-state index in [9.17, 15) is 4.79 Å². The molecule has 1 aliphatic rings. The molecular formula is C9H9ClN2O2. The maximum atomic E-state index is 10.8. The molecule has 1 aromatic rings. The number of nitrogens with zero attached hydrogens (tertiary/aromatic N) is 2. The van der Waals surface area contributed by atoms with Gasteiger partial charge in [0.2, 0.25) is 5.28 Å². The summed E-state index contributed by atoms with van der Waals surface area (Å²) < 4.78 is 0. The first-order valence-corrected chi connectivity index (χ1v) is 4.77. The van der Waals surface area contributed by atoms with Gasteiger partial charge >= 0.3 is 5.97 Å². The summed E-state index contributed by atoms with van der Waals surface area (Å²) in [5.41, 5.74) is 1.80. The monoisotopic (exact) mass is 212 g/mol. The Hall–Kier alpha value is -1.16. The van der Waals surface area contributed by atoms with Crippen LogP contribution in [0.1, 0.15) is 17.7 Å². The predicted octanol–water partition coefficient (Wildman–Crippen LogP) is 1.32. The second-order valence-electron chi connectivity index (χ2n) is 3.39. The largest absolute Gasteiger partial charge is 0.481 e. The van der Waals surface area contributed by atoms with Gasteiger partial charge in [-0.2, -0.15) is 0 Å². The van der Waals surface area contributed by atoms with Gasteiger partial charge in [0, 0.05) is 11.9 Å². The van der Waals surface area contributed by atoms with Gasteiger partial charge < -0.3 is 5.11 Å². The molecule has 74 valence electrons. The molecule has 0 spiro atoms. The van der Waals surface area contributed by atoms with E-state index in [1.807, 2.05) is 0 Å². The van der Waals surface area contributed by atoms with Crippen molar-refractivity contribution in [1.82, 2.24) is 9.97 Å². The third-order valence-corrected chi connectivity index (χ3v) is 2.65. The third kappa shape index (κ3) is 1.70. The number of carboxylic acid groups (broad SMARTS) is 1. The minimum absolute atomic E-state index is 0.234. The summed E-state index contributed by atoms with van der Waals surface area (Å²) in [6.07, 6.45) is 3.45. The third-order valence-electron chi connectivity index (χ3n) is 2.47. The van der Waals surface area contributed by atoms with Crippen LogP contribution in [0.2, 0.25) is 5.28 Å². The first-order chi connectivity index (χ1) is 6.66. The van der Waals surface area contributed by atoms with Crippen molar-refractivity contribution >= 4 is 17.6 Å². The van der Waals surface area contributed by atoms with Gasteiger partial charge in [0.25, 0.3) is 0 Å². The van der Waals surface area contributed by atoms with Crippen LogP contribution in [-0.2, 0) is 17.6 Å². The Balaban J connectivity index is 2.27. The normalized spacial score (nSPS) is 20.2.